The molecule has 0 bridgehead atoms. The van der Waals surface area contributed by atoms with Gasteiger partial charge in [0.2, 0.25) is 0 Å². The fraction of sp³-hybridized carbons (Fsp3) is 0. The molecule has 2 aromatic carbocycles. The van der Waals surface area contributed by atoms with Crippen LogP contribution in [-0.2, 0) is 0 Å². The summed E-state index contributed by atoms with van der Waals surface area (Å²) >= 11 is 0. The third-order valence-corrected chi connectivity index (χ3v) is 2.67. The first-order chi connectivity index (χ1) is 9.60. The Bertz CT molecular complexity index is 725. The molecule has 2 rings (SSSR count). The monoisotopic (exact) mass is 264 g/mol. The predicted molar refractivity (Wildman–Crippen MR) is 76.7 cm³/mol. The quantitative estimate of drug-likeness (QED) is 0.635. The minimum absolute atomic E-state index is 0.271. The van der Waals surface area contributed by atoms with Gasteiger partial charge in [0.25, 0.3) is 5.91 Å². The summed E-state index contributed by atoms with van der Waals surface area (Å²) in [6.45, 7) is 0. The Morgan fingerprint density at radius 2 is 1.70 bits per heavy atom. The van der Waals surface area contributed by atoms with E-state index >= 15 is 0 Å². The van der Waals surface area contributed by atoms with Crippen molar-refractivity contribution in [3.8, 4) is 17.2 Å². The number of nitrogens with zero attached hydrogens (tertiary/aromatic N) is 2. The minimum Gasteiger partial charge on any atom is -0.370 e. The van der Waals surface area contributed by atoms with E-state index in [-0.39, 0.29) is 5.96 Å². The number of hydrogen-bond acceptors (Lipinski definition) is 2. The molecule has 5 nitrogen and oxygen atoms in total. The lowest BCUT2D eigenvalue weighted by Gasteiger charge is -2.04. The molecule has 4 N–H and O–H groups in total. The van der Waals surface area contributed by atoms with E-state index in [1.165, 1.54) is 0 Å². The zero-order valence-electron chi connectivity index (χ0n) is 10.6. The van der Waals surface area contributed by atoms with Crippen molar-refractivity contribution in [1.82, 2.24) is 0 Å². The van der Waals surface area contributed by atoms with Gasteiger partial charge in [0.15, 0.2) is 5.96 Å². The van der Waals surface area contributed by atoms with Gasteiger partial charge in [0.1, 0.15) is 0 Å². The van der Waals surface area contributed by atoms with Crippen LogP contribution in [0.2, 0.25) is 0 Å². The van der Waals surface area contributed by atoms with Gasteiger partial charge in [-0.3, -0.25) is 4.79 Å². The third kappa shape index (κ3) is 3.00. The average Bonchev–Trinajstić information content (AvgIpc) is 2.47. The van der Waals surface area contributed by atoms with Crippen LogP contribution in [0.1, 0.15) is 15.9 Å². The zero-order chi connectivity index (χ0) is 14.5. The number of benzene rings is 2. The fourth-order valence-electron chi connectivity index (χ4n) is 1.78. The molecule has 0 saturated carbocycles. The summed E-state index contributed by atoms with van der Waals surface area (Å²) in [5.74, 6) is -0.768. The van der Waals surface area contributed by atoms with Gasteiger partial charge >= 0.3 is 0 Å². The zero-order valence-corrected chi connectivity index (χ0v) is 10.6. The number of amides is 1. The fourth-order valence-corrected chi connectivity index (χ4v) is 1.78. The molecule has 0 unspecified atom stereocenters. The van der Waals surface area contributed by atoms with Crippen LogP contribution in [0.15, 0.2) is 53.5 Å². The Balaban J connectivity index is 2.42. The van der Waals surface area contributed by atoms with E-state index in [9.17, 15) is 4.79 Å². The smallest absolute Gasteiger partial charge is 0.280 e. The molecule has 0 fully saturated rings. The van der Waals surface area contributed by atoms with Crippen LogP contribution in [0.4, 0.5) is 0 Å². The van der Waals surface area contributed by atoms with Gasteiger partial charge in [0.05, 0.1) is 11.6 Å². The van der Waals surface area contributed by atoms with Crippen LogP contribution in [-0.4, -0.2) is 11.9 Å². The highest BCUT2D eigenvalue weighted by Crippen LogP contribution is 2.21. The molecule has 0 radical (unpaired) electrons. The van der Waals surface area contributed by atoms with Crippen LogP contribution in [0.25, 0.3) is 11.1 Å². The van der Waals surface area contributed by atoms with Gasteiger partial charge in [-0.2, -0.15) is 10.3 Å². The highest BCUT2D eigenvalue weighted by Gasteiger charge is 2.06. The number of carbonyl (C=O) groups excluding carboxylic acids is 1. The number of rotatable bonds is 2. The molecule has 0 heterocycles. The van der Waals surface area contributed by atoms with Crippen molar-refractivity contribution < 1.29 is 4.79 Å². The highest BCUT2D eigenvalue weighted by atomic mass is 16.1. The van der Waals surface area contributed by atoms with Crippen LogP contribution < -0.4 is 11.5 Å². The van der Waals surface area contributed by atoms with Crippen LogP contribution in [0, 0.1) is 11.3 Å². The first-order valence-electron chi connectivity index (χ1n) is 5.85. The maximum absolute atomic E-state index is 11.8. The molecular formula is C15H12N4O. The maximum atomic E-state index is 11.8. The largest absolute Gasteiger partial charge is 0.370 e. The van der Waals surface area contributed by atoms with E-state index < -0.39 is 5.91 Å². The van der Waals surface area contributed by atoms with E-state index in [0.717, 1.165) is 11.1 Å². The Kier molecular flexibility index (Phi) is 3.77. The lowest BCUT2D eigenvalue weighted by atomic mass is 10.0. The number of aliphatic imine (C=N–C) groups is 1. The van der Waals surface area contributed by atoms with Crippen molar-refractivity contribution >= 4 is 11.9 Å². The number of carbonyl (C=O) groups is 1. The second-order valence-corrected chi connectivity index (χ2v) is 4.12. The van der Waals surface area contributed by atoms with Crippen LogP contribution >= 0.6 is 0 Å². The van der Waals surface area contributed by atoms with E-state index in [0.29, 0.717) is 11.1 Å². The van der Waals surface area contributed by atoms with Gasteiger partial charge in [-0.15, -0.1) is 0 Å². The summed E-state index contributed by atoms with van der Waals surface area (Å²) in [4.78, 5) is 15.3. The minimum atomic E-state index is -0.497. The van der Waals surface area contributed by atoms with Gasteiger partial charge < -0.3 is 11.5 Å². The lowest BCUT2D eigenvalue weighted by molar-refractivity contribution is 0.100. The Hall–Kier alpha value is -3.13. The summed E-state index contributed by atoms with van der Waals surface area (Å²) in [6, 6.07) is 16.1. The summed E-state index contributed by atoms with van der Waals surface area (Å²) in [5.41, 5.74) is 13.0. The SMILES string of the molecule is N#Cc1cccc(-c2cccc(C(=O)N=C(N)N)c2)c1. The predicted octanol–water partition coefficient (Wildman–Crippen LogP) is 1.64. The van der Waals surface area contributed by atoms with Crippen molar-refractivity contribution in [1.29, 1.82) is 5.26 Å². The van der Waals surface area contributed by atoms with E-state index in [4.69, 9.17) is 16.7 Å². The average molecular weight is 264 g/mol. The standard InChI is InChI=1S/C15H12N4O/c16-9-10-3-1-4-11(7-10)12-5-2-6-13(8-12)14(20)19-15(17)18/h1-8H,(H4,17,18,19,20). The molecule has 0 aliphatic heterocycles. The molecule has 5 heteroatoms. The molecule has 0 spiro atoms. The molecule has 20 heavy (non-hydrogen) atoms. The van der Waals surface area contributed by atoms with Crippen molar-refractivity contribution in [3.05, 3.63) is 59.7 Å². The van der Waals surface area contributed by atoms with Crippen molar-refractivity contribution in [2.75, 3.05) is 0 Å². The number of nitriles is 1. The van der Waals surface area contributed by atoms with E-state index in [2.05, 4.69) is 11.1 Å². The second kappa shape index (κ2) is 5.67. The Morgan fingerprint density at radius 1 is 1.05 bits per heavy atom. The highest BCUT2D eigenvalue weighted by molar-refractivity contribution is 6.02. The van der Waals surface area contributed by atoms with Crippen LogP contribution in [0.5, 0.6) is 0 Å². The van der Waals surface area contributed by atoms with Gasteiger partial charge in [0, 0.05) is 5.56 Å². The summed E-state index contributed by atoms with van der Waals surface area (Å²) < 4.78 is 0. The molecule has 0 saturated heterocycles. The molecule has 0 aliphatic carbocycles. The van der Waals surface area contributed by atoms with Crippen molar-refractivity contribution in [2.24, 2.45) is 16.5 Å². The number of guanidine groups is 1. The summed E-state index contributed by atoms with van der Waals surface area (Å²) in [7, 11) is 0. The molecule has 0 aromatic heterocycles. The third-order valence-electron chi connectivity index (χ3n) is 2.67. The van der Waals surface area contributed by atoms with E-state index in [1.807, 2.05) is 12.1 Å². The molecule has 98 valence electrons. The first kappa shape index (κ1) is 13.3. The van der Waals surface area contributed by atoms with Gasteiger partial charge in [-0.05, 0) is 35.4 Å². The van der Waals surface area contributed by atoms with Gasteiger partial charge in [-0.25, -0.2) is 0 Å². The Labute approximate surface area is 116 Å². The van der Waals surface area contributed by atoms with Crippen LogP contribution in [0.3, 0.4) is 0 Å². The summed E-state index contributed by atoms with van der Waals surface area (Å²) in [6.07, 6.45) is 0. The van der Waals surface area contributed by atoms with Crippen molar-refractivity contribution in [3.63, 3.8) is 0 Å². The normalized spacial score (nSPS) is 9.55. The molecule has 0 aliphatic rings. The number of hydrogen-bond donors (Lipinski definition) is 2. The second-order valence-electron chi connectivity index (χ2n) is 4.12. The lowest BCUT2D eigenvalue weighted by Crippen LogP contribution is -2.24. The maximum Gasteiger partial charge on any atom is 0.280 e. The molecule has 1 amide bonds. The summed E-state index contributed by atoms with van der Waals surface area (Å²) in [5, 5.41) is 8.90. The van der Waals surface area contributed by atoms with E-state index in [1.54, 1.807) is 36.4 Å². The molecule has 2 aromatic rings. The first-order valence-corrected chi connectivity index (χ1v) is 5.85. The molecular weight excluding hydrogens is 252 g/mol. The van der Waals surface area contributed by atoms with Crippen molar-refractivity contribution in [2.45, 2.75) is 0 Å². The van der Waals surface area contributed by atoms with Gasteiger partial charge in [-0.1, -0.05) is 24.3 Å². The number of nitrogens with two attached hydrogens (primary N) is 2. The Morgan fingerprint density at radius 3 is 2.35 bits per heavy atom. The topological polar surface area (TPSA) is 105 Å². The molecule has 0 atom stereocenters.